The molecule has 0 unspecified atom stereocenters. The lowest BCUT2D eigenvalue weighted by atomic mass is 10.2. The summed E-state index contributed by atoms with van der Waals surface area (Å²) in [6.45, 7) is -0.227. The average Bonchev–Trinajstić information content (AvgIpc) is 2.62. The number of carbonyl (C=O) groups excluding carboxylic acids is 1. The van der Waals surface area contributed by atoms with Crippen LogP contribution in [0.4, 0.5) is 0 Å². The highest BCUT2D eigenvalue weighted by atomic mass is 16.5. The molecule has 2 rings (SSSR count). The molecular formula is C18H20O6. The molecule has 0 spiro atoms. The molecule has 0 saturated carbocycles. The van der Waals surface area contributed by atoms with Crippen molar-refractivity contribution < 1.29 is 29.3 Å². The van der Waals surface area contributed by atoms with Gasteiger partial charge in [-0.05, 0) is 11.1 Å². The second-order valence-corrected chi connectivity index (χ2v) is 4.68. The number of carbonyl (C=O) groups is 2. The predicted octanol–water partition coefficient (Wildman–Crippen LogP) is 2.01. The van der Waals surface area contributed by atoms with Crippen molar-refractivity contribution in [3.05, 3.63) is 71.8 Å². The molecule has 0 aromatic heterocycles. The van der Waals surface area contributed by atoms with Crippen molar-refractivity contribution in [2.75, 3.05) is 13.2 Å². The number of esters is 1. The summed E-state index contributed by atoms with van der Waals surface area (Å²) in [7, 11) is 0. The van der Waals surface area contributed by atoms with Gasteiger partial charge in [0.1, 0.15) is 19.8 Å². The summed E-state index contributed by atoms with van der Waals surface area (Å²) in [5.74, 6) is -1.54. The smallest absolute Gasteiger partial charge is 0.332 e. The summed E-state index contributed by atoms with van der Waals surface area (Å²) < 4.78 is 9.57. The Bertz CT molecular complexity index is 597. The summed E-state index contributed by atoms with van der Waals surface area (Å²) in [4.78, 5) is 20.6. The highest BCUT2D eigenvalue weighted by Crippen LogP contribution is 2.00. The Morgan fingerprint density at radius 1 is 0.833 bits per heavy atom. The van der Waals surface area contributed by atoms with Gasteiger partial charge in [-0.25, -0.2) is 9.59 Å². The van der Waals surface area contributed by atoms with Crippen molar-refractivity contribution in [1.29, 1.82) is 0 Å². The number of ether oxygens (including phenoxy) is 2. The first-order chi connectivity index (χ1) is 11.6. The van der Waals surface area contributed by atoms with E-state index < -0.39 is 18.5 Å². The zero-order valence-electron chi connectivity index (χ0n) is 13.1. The Hall–Kier alpha value is -2.70. The van der Waals surface area contributed by atoms with Crippen molar-refractivity contribution in [2.24, 2.45) is 0 Å². The number of aliphatic hydroxyl groups is 1. The van der Waals surface area contributed by atoms with Crippen molar-refractivity contribution in [3.63, 3.8) is 0 Å². The summed E-state index contributed by atoms with van der Waals surface area (Å²) in [6.07, 6.45) is 0. The van der Waals surface area contributed by atoms with Gasteiger partial charge in [-0.3, -0.25) is 0 Å². The third kappa shape index (κ3) is 9.34. The summed E-state index contributed by atoms with van der Waals surface area (Å²) >= 11 is 0. The van der Waals surface area contributed by atoms with E-state index in [9.17, 15) is 9.59 Å². The van der Waals surface area contributed by atoms with Crippen LogP contribution in [-0.2, 0) is 32.3 Å². The van der Waals surface area contributed by atoms with Crippen molar-refractivity contribution in [1.82, 2.24) is 0 Å². The molecular weight excluding hydrogens is 312 g/mol. The van der Waals surface area contributed by atoms with Gasteiger partial charge in [0.05, 0.1) is 6.61 Å². The second-order valence-electron chi connectivity index (χ2n) is 4.68. The Kier molecular flexibility index (Phi) is 9.52. The van der Waals surface area contributed by atoms with Crippen LogP contribution < -0.4 is 0 Å². The average molecular weight is 332 g/mol. The Morgan fingerprint density at radius 3 is 1.79 bits per heavy atom. The number of carboxylic acids is 1. The maximum atomic E-state index is 10.5. The third-order valence-corrected chi connectivity index (χ3v) is 2.71. The highest BCUT2D eigenvalue weighted by Gasteiger charge is 1.99. The number of carboxylic acid groups (broad SMARTS) is 1. The first-order valence-electron chi connectivity index (χ1n) is 7.25. The van der Waals surface area contributed by atoms with Crippen LogP contribution in [0, 0.1) is 0 Å². The van der Waals surface area contributed by atoms with E-state index in [1.54, 1.807) is 0 Å². The van der Waals surface area contributed by atoms with Gasteiger partial charge in [0.15, 0.2) is 0 Å². The molecule has 6 nitrogen and oxygen atoms in total. The number of hydrogen-bond acceptors (Lipinski definition) is 5. The lowest BCUT2D eigenvalue weighted by Crippen LogP contribution is -2.08. The van der Waals surface area contributed by atoms with E-state index in [1.807, 2.05) is 60.7 Å². The molecule has 0 radical (unpaired) electrons. The molecule has 24 heavy (non-hydrogen) atoms. The molecule has 0 aliphatic rings. The molecule has 2 aromatic carbocycles. The zero-order chi connectivity index (χ0) is 17.6. The number of hydrogen-bond donors (Lipinski definition) is 2. The predicted molar refractivity (Wildman–Crippen MR) is 87.1 cm³/mol. The van der Waals surface area contributed by atoms with Gasteiger partial charge in [0.25, 0.3) is 0 Å². The molecule has 0 aliphatic carbocycles. The fraction of sp³-hybridized carbons (Fsp3) is 0.222. The number of rotatable bonds is 7. The van der Waals surface area contributed by atoms with Gasteiger partial charge in [-0.1, -0.05) is 60.7 Å². The van der Waals surface area contributed by atoms with Crippen LogP contribution in [0.15, 0.2) is 60.7 Å². The fourth-order valence-corrected chi connectivity index (χ4v) is 1.61. The van der Waals surface area contributed by atoms with Gasteiger partial charge >= 0.3 is 11.9 Å². The molecule has 0 aliphatic heterocycles. The minimum Gasteiger partial charge on any atom is -0.480 e. The van der Waals surface area contributed by atoms with Crippen LogP contribution >= 0.6 is 0 Å². The molecule has 0 fully saturated rings. The molecule has 0 bridgehead atoms. The molecule has 128 valence electrons. The normalized spacial score (nSPS) is 9.54. The largest absolute Gasteiger partial charge is 0.480 e. The molecule has 2 aromatic rings. The SMILES string of the molecule is O=C(CO)OCc1ccccc1.O=C(O)COCc1ccccc1. The van der Waals surface area contributed by atoms with E-state index in [-0.39, 0.29) is 13.2 Å². The summed E-state index contributed by atoms with van der Waals surface area (Å²) in [6, 6.07) is 18.8. The van der Waals surface area contributed by atoms with Crippen LogP contribution in [0.1, 0.15) is 11.1 Å². The lowest BCUT2D eigenvalue weighted by molar-refractivity contribution is -0.148. The number of aliphatic carboxylic acids is 1. The number of aliphatic hydroxyl groups excluding tert-OH is 1. The van der Waals surface area contributed by atoms with E-state index in [4.69, 9.17) is 14.9 Å². The summed E-state index contributed by atoms with van der Waals surface area (Å²) in [5, 5.41) is 16.6. The Morgan fingerprint density at radius 2 is 1.33 bits per heavy atom. The van der Waals surface area contributed by atoms with Crippen molar-refractivity contribution >= 4 is 11.9 Å². The van der Waals surface area contributed by atoms with Gasteiger partial charge in [-0.15, -0.1) is 0 Å². The van der Waals surface area contributed by atoms with Crippen LogP contribution in [0.5, 0.6) is 0 Å². The van der Waals surface area contributed by atoms with Crippen molar-refractivity contribution in [2.45, 2.75) is 13.2 Å². The molecule has 0 saturated heterocycles. The number of benzene rings is 2. The Labute approximate surface area is 140 Å². The van der Waals surface area contributed by atoms with Gasteiger partial charge in [0, 0.05) is 0 Å². The maximum Gasteiger partial charge on any atom is 0.332 e. The third-order valence-electron chi connectivity index (χ3n) is 2.71. The monoisotopic (exact) mass is 332 g/mol. The zero-order valence-corrected chi connectivity index (χ0v) is 13.1. The molecule has 6 heteroatoms. The van der Waals surface area contributed by atoms with E-state index in [0.29, 0.717) is 6.61 Å². The Balaban J connectivity index is 0.000000240. The van der Waals surface area contributed by atoms with Gasteiger partial charge in [0.2, 0.25) is 0 Å². The fourth-order valence-electron chi connectivity index (χ4n) is 1.61. The molecule has 0 heterocycles. The topological polar surface area (TPSA) is 93.1 Å². The van der Waals surface area contributed by atoms with Gasteiger partial charge < -0.3 is 19.7 Å². The minimum atomic E-state index is -0.939. The van der Waals surface area contributed by atoms with Crippen molar-refractivity contribution in [3.8, 4) is 0 Å². The second kappa shape index (κ2) is 11.8. The summed E-state index contributed by atoms with van der Waals surface area (Å²) in [5.41, 5.74) is 1.90. The highest BCUT2D eigenvalue weighted by molar-refractivity contribution is 5.70. The first kappa shape index (κ1) is 19.3. The van der Waals surface area contributed by atoms with Crippen LogP contribution in [0.25, 0.3) is 0 Å². The van der Waals surface area contributed by atoms with E-state index >= 15 is 0 Å². The molecule has 2 N–H and O–H groups in total. The maximum absolute atomic E-state index is 10.5. The lowest BCUT2D eigenvalue weighted by Gasteiger charge is -2.01. The van der Waals surface area contributed by atoms with Gasteiger partial charge in [-0.2, -0.15) is 0 Å². The molecule has 0 atom stereocenters. The van der Waals surface area contributed by atoms with Crippen LogP contribution in [-0.4, -0.2) is 35.4 Å². The van der Waals surface area contributed by atoms with E-state index in [1.165, 1.54) is 0 Å². The quantitative estimate of drug-likeness (QED) is 0.754. The van der Waals surface area contributed by atoms with E-state index in [0.717, 1.165) is 11.1 Å². The van der Waals surface area contributed by atoms with E-state index in [2.05, 4.69) is 4.74 Å². The first-order valence-corrected chi connectivity index (χ1v) is 7.25. The van der Waals surface area contributed by atoms with Crippen LogP contribution in [0.3, 0.4) is 0 Å². The minimum absolute atomic E-state index is 0.222. The molecule has 0 amide bonds. The van der Waals surface area contributed by atoms with Crippen LogP contribution in [0.2, 0.25) is 0 Å². The standard InChI is InChI=1S/2C9H10O3/c10-6-9(11)12-7-8-4-2-1-3-5-8;10-9(11)7-12-6-8-4-2-1-3-5-8/h1-5,10H,6-7H2;1-5H,6-7H2,(H,10,11).